The van der Waals surface area contributed by atoms with Crippen molar-refractivity contribution >= 4 is 27.3 Å². The molecule has 1 aromatic heterocycles. The van der Waals surface area contributed by atoms with Crippen molar-refractivity contribution < 1.29 is 13.2 Å². The maximum absolute atomic E-state index is 12.6. The Balaban J connectivity index is 1.47. The van der Waals surface area contributed by atoms with Gasteiger partial charge < -0.3 is 5.32 Å². The van der Waals surface area contributed by atoms with Gasteiger partial charge in [-0.1, -0.05) is 11.6 Å². The Morgan fingerprint density at radius 2 is 1.86 bits per heavy atom. The monoisotopic (exact) mass is 425 g/mol. The maximum atomic E-state index is 12.6. The second-order valence-electron chi connectivity index (χ2n) is 7.93. The Hall–Kier alpha value is -1.22. The number of hydrogen-bond donors (Lipinski definition) is 1. The molecular weight excluding hydrogens is 394 g/mol. The molecule has 0 bridgehead atoms. The standard InChI is InChI=1S/C20H31N3O3S2/c1-16(2)7-12-22-13-8-17(9-14-22)21-19(24)15-18-5-6-20(27-18)28(25,26)23-10-3-4-11-23/h5-7,17H,3-4,8-15H2,1-2H3,(H,21,24). The first-order chi connectivity index (χ1) is 13.3. The summed E-state index contributed by atoms with van der Waals surface area (Å²) in [7, 11) is -3.39. The number of nitrogens with zero attached hydrogens (tertiary/aromatic N) is 2. The van der Waals surface area contributed by atoms with E-state index in [9.17, 15) is 13.2 Å². The average molecular weight is 426 g/mol. The van der Waals surface area contributed by atoms with Crippen LogP contribution in [0.3, 0.4) is 0 Å². The third-order valence-corrected chi connectivity index (χ3v) is 8.79. The minimum atomic E-state index is -3.39. The van der Waals surface area contributed by atoms with Crippen LogP contribution in [0.15, 0.2) is 28.0 Å². The Bertz CT molecular complexity index is 798. The SMILES string of the molecule is CC(C)=CCN1CCC(NC(=O)Cc2ccc(S(=O)(=O)N3CCCC3)s2)CC1. The molecule has 0 spiro atoms. The molecule has 0 atom stereocenters. The summed E-state index contributed by atoms with van der Waals surface area (Å²) in [6, 6.07) is 3.63. The summed E-state index contributed by atoms with van der Waals surface area (Å²) in [5, 5.41) is 3.12. The number of likely N-dealkylation sites (tertiary alicyclic amines) is 1. The molecule has 3 rings (SSSR count). The minimum Gasteiger partial charge on any atom is -0.353 e. The molecular formula is C20H31N3O3S2. The molecule has 1 amide bonds. The number of piperidine rings is 1. The number of amides is 1. The molecule has 3 heterocycles. The van der Waals surface area contributed by atoms with Crippen LogP contribution in [0.4, 0.5) is 0 Å². The van der Waals surface area contributed by atoms with Crippen LogP contribution in [0.2, 0.25) is 0 Å². The van der Waals surface area contributed by atoms with Crippen molar-refractivity contribution in [2.45, 2.75) is 56.2 Å². The van der Waals surface area contributed by atoms with Gasteiger partial charge in [0.15, 0.2) is 0 Å². The zero-order chi connectivity index (χ0) is 20.1. The van der Waals surface area contributed by atoms with E-state index in [0.717, 1.165) is 50.2 Å². The zero-order valence-corrected chi connectivity index (χ0v) is 18.4. The van der Waals surface area contributed by atoms with E-state index < -0.39 is 10.0 Å². The normalized spacial score (nSPS) is 19.6. The van der Waals surface area contributed by atoms with Gasteiger partial charge in [-0.3, -0.25) is 9.69 Å². The van der Waals surface area contributed by atoms with Crippen LogP contribution in [0.25, 0.3) is 0 Å². The smallest absolute Gasteiger partial charge is 0.252 e. The van der Waals surface area contributed by atoms with Crippen LogP contribution in [0, 0.1) is 0 Å². The lowest BCUT2D eigenvalue weighted by Crippen LogP contribution is -2.45. The highest BCUT2D eigenvalue weighted by Crippen LogP contribution is 2.27. The highest BCUT2D eigenvalue weighted by atomic mass is 32.2. The van der Waals surface area contributed by atoms with Crippen molar-refractivity contribution in [3.8, 4) is 0 Å². The maximum Gasteiger partial charge on any atom is 0.252 e. The number of hydrogen-bond acceptors (Lipinski definition) is 5. The fourth-order valence-corrected chi connectivity index (χ4v) is 6.68. The van der Waals surface area contributed by atoms with Crippen LogP contribution < -0.4 is 5.32 Å². The van der Waals surface area contributed by atoms with Crippen LogP contribution in [0.1, 0.15) is 44.4 Å². The van der Waals surface area contributed by atoms with E-state index in [1.165, 1.54) is 16.9 Å². The summed E-state index contributed by atoms with van der Waals surface area (Å²) in [5.41, 5.74) is 1.33. The van der Waals surface area contributed by atoms with Crippen LogP contribution in [-0.4, -0.2) is 62.3 Å². The predicted molar refractivity (Wildman–Crippen MR) is 113 cm³/mol. The van der Waals surface area contributed by atoms with Gasteiger partial charge in [0, 0.05) is 43.6 Å². The number of rotatable bonds is 7. The number of carbonyl (C=O) groups excluding carboxylic acids is 1. The predicted octanol–water partition coefficient (Wildman–Crippen LogP) is 2.62. The average Bonchev–Trinajstić information content (AvgIpc) is 3.33. The molecule has 0 unspecified atom stereocenters. The van der Waals surface area contributed by atoms with Gasteiger partial charge in [0.1, 0.15) is 4.21 Å². The van der Waals surface area contributed by atoms with E-state index in [4.69, 9.17) is 0 Å². The Kier molecular flexibility index (Phi) is 7.31. The highest BCUT2D eigenvalue weighted by molar-refractivity contribution is 7.91. The molecule has 28 heavy (non-hydrogen) atoms. The highest BCUT2D eigenvalue weighted by Gasteiger charge is 2.28. The van der Waals surface area contributed by atoms with Gasteiger partial charge in [-0.25, -0.2) is 8.42 Å². The van der Waals surface area contributed by atoms with Crippen molar-refractivity contribution in [1.82, 2.24) is 14.5 Å². The number of thiophene rings is 1. The molecule has 0 radical (unpaired) electrons. The van der Waals surface area contributed by atoms with Gasteiger partial charge in [-0.05, 0) is 51.7 Å². The molecule has 2 saturated heterocycles. The molecule has 156 valence electrons. The molecule has 2 fully saturated rings. The first-order valence-electron chi connectivity index (χ1n) is 10.1. The number of carbonyl (C=O) groups is 1. The fourth-order valence-electron chi connectivity index (χ4n) is 3.66. The largest absolute Gasteiger partial charge is 0.353 e. The summed E-state index contributed by atoms with van der Waals surface area (Å²) in [5.74, 6) is -0.0188. The lowest BCUT2D eigenvalue weighted by Gasteiger charge is -2.31. The molecule has 0 saturated carbocycles. The van der Waals surface area contributed by atoms with Crippen molar-refractivity contribution in [2.75, 3.05) is 32.7 Å². The first-order valence-corrected chi connectivity index (χ1v) is 12.3. The van der Waals surface area contributed by atoms with E-state index in [1.807, 2.05) is 0 Å². The summed E-state index contributed by atoms with van der Waals surface area (Å²) in [6.45, 7) is 8.38. The second-order valence-corrected chi connectivity index (χ2v) is 11.3. The molecule has 0 aliphatic carbocycles. The van der Waals surface area contributed by atoms with Gasteiger partial charge in [0.25, 0.3) is 10.0 Å². The summed E-state index contributed by atoms with van der Waals surface area (Å²) in [4.78, 5) is 15.6. The topological polar surface area (TPSA) is 69.7 Å². The Labute approximate surface area is 172 Å². The number of sulfonamides is 1. The Morgan fingerprint density at radius 3 is 2.50 bits per heavy atom. The van der Waals surface area contributed by atoms with Gasteiger partial charge >= 0.3 is 0 Å². The lowest BCUT2D eigenvalue weighted by atomic mass is 10.0. The van der Waals surface area contributed by atoms with E-state index in [0.29, 0.717) is 17.3 Å². The van der Waals surface area contributed by atoms with Gasteiger partial charge in [0.05, 0.1) is 6.42 Å². The molecule has 8 heteroatoms. The summed E-state index contributed by atoms with van der Waals surface area (Å²) < 4.78 is 27.1. The van der Waals surface area contributed by atoms with Crippen molar-refractivity contribution in [3.05, 3.63) is 28.7 Å². The molecule has 2 aliphatic heterocycles. The molecule has 0 aromatic carbocycles. The molecule has 1 aromatic rings. The van der Waals surface area contributed by atoms with Crippen molar-refractivity contribution in [3.63, 3.8) is 0 Å². The van der Waals surface area contributed by atoms with Crippen molar-refractivity contribution in [2.24, 2.45) is 0 Å². The van der Waals surface area contributed by atoms with Crippen molar-refractivity contribution in [1.29, 1.82) is 0 Å². The first kappa shape index (κ1) is 21.5. The molecule has 1 N–H and O–H groups in total. The van der Waals surface area contributed by atoms with E-state index in [-0.39, 0.29) is 18.4 Å². The van der Waals surface area contributed by atoms with Crippen LogP contribution >= 0.6 is 11.3 Å². The van der Waals surface area contributed by atoms with E-state index >= 15 is 0 Å². The third-order valence-electron chi connectivity index (χ3n) is 5.34. The minimum absolute atomic E-state index is 0.0188. The number of allylic oxidation sites excluding steroid dienone is 1. The summed E-state index contributed by atoms with van der Waals surface area (Å²) in [6.07, 6.45) is 6.25. The quantitative estimate of drug-likeness (QED) is 0.682. The van der Waals surface area contributed by atoms with Crippen LogP contribution in [0.5, 0.6) is 0 Å². The Morgan fingerprint density at radius 1 is 1.18 bits per heavy atom. The molecule has 6 nitrogen and oxygen atoms in total. The van der Waals surface area contributed by atoms with E-state index in [2.05, 4.69) is 30.1 Å². The lowest BCUT2D eigenvalue weighted by molar-refractivity contribution is -0.121. The summed E-state index contributed by atoms with van der Waals surface area (Å²) >= 11 is 1.22. The van der Waals surface area contributed by atoms with Gasteiger partial charge in [0.2, 0.25) is 5.91 Å². The van der Waals surface area contributed by atoms with E-state index in [1.54, 1.807) is 16.4 Å². The zero-order valence-electron chi connectivity index (χ0n) is 16.8. The second kappa shape index (κ2) is 9.52. The fraction of sp³-hybridized carbons (Fsp3) is 0.650. The third kappa shape index (κ3) is 5.65. The number of nitrogens with one attached hydrogen (secondary N) is 1. The van der Waals surface area contributed by atoms with Gasteiger partial charge in [-0.15, -0.1) is 11.3 Å². The van der Waals surface area contributed by atoms with Crippen LogP contribution in [-0.2, 0) is 21.2 Å². The van der Waals surface area contributed by atoms with Gasteiger partial charge in [-0.2, -0.15) is 4.31 Å². The molecule has 2 aliphatic rings.